The number of nitrogens with zero attached hydrogens (tertiary/aromatic N) is 7. The first-order chi connectivity index (χ1) is 20.5. The molecule has 0 amide bonds. The minimum atomic E-state index is -0.557. The zero-order valence-corrected chi connectivity index (χ0v) is 25.1. The Morgan fingerprint density at radius 3 is 2.62 bits per heavy atom. The molecule has 6 heterocycles. The molecule has 11 nitrogen and oxygen atoms in total. The van der Waals surface area contributed by atoms with Crippen molar-refractivity contribution >= 4 is 27.8 Å². The summed E-state index contributed by atoms with van der Waals surface area (Å²) in [5.41, 5.74) is 9.07. The van der Waals surface area contributed by atoms with E-state index in [0.29, 0.717) is 28.3 Å². The van der Waals surface area contributed by atoms with Crippen LogP contribution >= 0.6 is 11.3 Å². The van der Waals surface area contributed by atoms with E-state index in [1.165, 1.54) is 11.3 Å². The van der Waals surface area contributed by atoms with Crippen molar-refractivity contribution in [2.24, 2.45) is 0 Å². The predicted octanol–water partition coefficient (Wildman–Crippen LogP) is 3.00. The number of nitriles is 1. The minimum Gasteiger partial charge on any atom is -0.389 e. The first kappa shape index (κ1) is 27.6. The largest absolute Gasteiger partial charge is 0.389 e. The number of fused-ring (bicyclic) bond motifs is 1. The van der Waals surface area contributed by atoms with Crippen LogP contribution < -0.4 is 20.9 Å². The Bertz CT molecular complexity index is 1460. The van der Waals surface area contributed by atoms with E-state index < -0.39 is 5.41 Å². The Balaban J connectivity index is 1.20. The van der Waals surface area contributed by atoms with Crippen LogP contribution in [0.3, 0.4) is 0 Å². The van der Waals surface area contributed by atoms with Gasteiger partial charge in [-0.15, -0.1) is 11.3 Å². The molecule has 222 valence electrons. The van der Waals surface area contributed by atoms with Crippen molar-refractivity contribution in [3.63, 3.8) is 0 Å². The number of pyridine rings is 1. The molecule has 0 aromatic carbocycles. The van der Waals surface area contributed by atoms with Gasteiger partial charge in [0.05, 0.1) is 24.2 Å². The minimum absolute atomic E-state index is 0.487. The van der Waals surface area contributed by atoms with E-state index in [-0.39, 0.29) is 0 Å². The topological polar surface area (TPSA) is 133 Å². The lowest BCUT2D eigenvalue weighted by Crippen LogP contribution is -2.49. The van der Waals surface area contributed by atoms with Crippen LogP contribution in [-0.4, -0.2) is 91.6 Å². The van der Waals surface area contributed by atoms with Gasteiger partial charge >= 0.3 is 0 Å². The highest BCUT2D eigenvalue weighted by molar-refractivity contribution is 7.16. The average Bonchev–Trinajstić information content (AvgIpc) is 3.68. The number of hydrogen-bond donors (Lipinski definition) is 2. The quantitative estimate of drug-likeness (QED) is 0.455. The van der Waals surface area contributed by atoms with Gasteiger partial charge in [0.15, 0.2) is 0 Å². The molecule has 0 bridgehead atoms. The monoisotopic (exact) mass is 589 g/mol. The number of ether oxygens (including phenoxy) is 1. The Labute approximate surface area is 250 Å². The maximum Gasteiger partial charge on any atom is 0.237 e. The molecule has 3 aromatic rings. The second-order valence-electron chi connectivity index (χ2n) is 12.0. The van der Waals surface area contributed by atoms with E-state index in [1.54, 1.807) is 0 Å². The number of aromatic nitrogens is 3. The molecule has 42 heavy (non-hydrogen) atoms. The number of nitrogens with one attached hydrogen (secondary N) is 1. The van der Waals surface area contributed by atoms with Gasteiger partial charge in [-0.1, -0.05) is 5.16 Å². The van der Waals surface area contributed by atoms with Crippen LogP contribution in [0.25, 0.3) is 11.5 Å². The van der Waals surface area contributed by atoms with E-state index in [4.69, 9.17) is 25.0 Å². The van der Waals surface area contributed by atoms with Crippen LogP contribution in [0.1, 0.15) is 54.5 Å². The number of piperazine rings is 1. The van der Waals surface area contributed by atoms with E-state index in [9.17, 15) is 5.26 Å². The van der Waals surface area contributed by atoms with Crippen molar-refractivity contribution < 1.29 is 9.26 Å². The zero-order valence-electron chi connectivity index (χ0n) is 24.3. The Morgan fingerprint density at radius 1 is 1.07 bits per heavy atom. The number of anilines is 3. The van der Waals surface area contributed by atoms with Crippen molar-refractivity contribution in [1.82, 2.24) is 25.3 Å². The van der Waals surface area contributed by atoms with E-state index in [2.05, 4.69) is 50.3 Å². The highest BCUT2D eigenvalue weighted by Gasteiger charge is 2.43. The highest BCUT2D eigenvalue weighted by Crippen LogP contribution is 2.48. The summed E-state index contributed by atoms with van der Waals surface area (Å²) >= 11 is 1.51. The van der Waals surface area contributed by atoms with Gasteiger partial charge in [-0.05, 0) is 45.1 Å². The van der Waals surface area contributed by atoms with Crippen LogP contribution in [0.4, 0.5) is 16.5 Å². The number of rotatable bonds is 5. The van der Waals surface area contributed by atoms with Gasteiger partial charge in [0.2, 0.25) is 11.7 Å². The lowest BCUT2D eigenvalue weighted by molar-refractivity contribution is 0.0115. The van der Waals surface area contributed by atoms with Crippen LogP contribution in [0.2, 0.25) is 0 Å². The van der Waals surface area contributed by atoms with Crippen molar-refractivity contribution in [3.05, 3.63) is 34.0 Å². The molecule has 0 radical (unpaired) electrons. The fourth-order valence-corrected chi connectivity index (χ4v) is 8.34. The standard InChI is InChI=1S/C30H39N9O2S/c1-30(6-2-3-24-26(30)22(19-31)27(32)42-24)29-35-28(36-41-29)23-17-21(37-11-7-33-8-12-37)18-25(34-23)39-9-4-20(5-10-39)38-13-15-40-16-14-38/h17-18,20,33H,2-16,32H2,1H3. The smallest absolute Gasteiger partial charge is 0.237 e. The molecule has 3 N–H and O–H groups in total. The van der Waals surface area contributed by atoms with Gasteiger partial charge in [0, 0.05) is 80.6 Å². The molecule has 1 atom stereocenters. The Hall–Kier alpha value is -3.24. The molecule has 3 aromatic heterocycles. The molecular formula is C30H39N9O2S. The van der Waals surface area contributed by atoms with E-state index in [0.717, 1.165) is 125 Å². The SMILES string of the molecule is CC1(c2nc(-c3cc(N4CCNCC4)cc(N4CCC(N5CCOCC5)CC4)n3)no2)CCCc2sc(N)c(C#N)c21. The molecule has 3 aliphatic heterocycles. The predicted molar refractivity (Wildman–Crippen MR) is 163 cm³/mol. The maximum absolute atomic E-state index is 9.90. The number of nitrogens with two attached hydrogens (primary N) is 1. The fourth-order valence-electron chi connectivity index (χ4n) is 7.15. The molecule has 0 spiro atoms. The number of morpholine rings is 1. The van der Waals surface area contributed by atoms with Crippen LogP contribution in [0.5, 0.6) is 0 Å². The number of thiophene rings is 1. The molecule has 0 saturated carbocycles. The molecular weight excluding hydrogens is 550 g/mol. The van der Waals surface area contributed by atoms with E-state index in [1.807, 2.05) is 0 Å². The Kier molecular flexibility index (Phi) is 7.52. The lowest BCUT2D eigenvalue weighted by Gasteiger charge is -2.40. The summed E-state index contributed by atoms with van der Waals surface area (Å²) in [5, 5.41) is 18.4. The summed E-state index contributed by atoms with van der Waals surface area (Å²) in [7, 11) is 0. The third-order valence-electron chi connectivity index (χ3n) is 9.51. The van der Waals surface area contributed by atoms with Crippen molar-refractivity contribution in [2.75, 3.05) is 81.1 Å². The molecule has 1 aliphatic carbocycles. The third-order valence-corrected chi connectivity index (χ3v) is 10.6. The molecule has 4 aliphatic rings. The highest BCUT2D eigenvalue weighted by atomic mass is 32.1. The first-order valence-electron chi connectivity index (χ1n) is 15.2. The molecule has 3 fully saturated rings. The Morgan fingerprint density at radius 2 is 1.86 bits per heavy atom. The molecule has 12 heteroatoms. The van der Waals surface area contributed by atoms with Crippen molar-refractivity contribution in [3.8, 4) is 17.6 Å². The second kappa shape index (κ2) is 11.4. The summed E-state index contributed by atoms with van der Waals surface area (Å²) in [6.45, 7) is 11.6. The number of piperidine rings is 1. The molecule has 3 saturated heterocycles. The summed E-state index contributed by atoms with van der Waals surface area (Å²) in [6.07, 6.45) is 4.96. The fraction of sp³-hybridized carbons (Fsp3) is 0.600. The first-order valence-corrected chi connectivity index (χ1v) is 16.1. The van der Waals surface area contributed by atoms with Gasteiger partial charge in [0.1, 0.15) is 22.6 Å². The normalized spacial score (nSPS) is 24.0. The number of hydrogen-bond acceptors (Lipinski definition) is 12. The van der Waals surface area contributed by atoms with Gasteiger partial charge in [-0.25, -0.2) is 4.98 Å². The lowest BCUT2D eigenvalue weighted by atomic mass is 9.72. The van der Waals surface area contributed by atoms with Crippen LogP contribution in [0, 0.1) is 11.3 Å². The number of nitrogen functional groups attached to an aromatic ring is 1. The van der Waals surface area contributed by atoms with Gasteiger partial charge in [0.25, 0.3) is 0 Å². The van der Waals surface area contributed by atoms with E-state index >= 15 is 0 Å². The maximum atomic E-state index is 9.90. The van der Waals surface area contributed by atoms with Gasteiger partial charge in [-0.2, -0.15) is 10.2 Å². The summed E-state index contributed by atoms with van der Waals surface area (Å²) in [4.78, 5) is 18.6. The number of aryl methyl sites for hydroxylation is 1. The third kappa shape index (κ3) is 5.02. The van der Waals surface area contributed by atoms with Crippen molar-refractivity contribution in [1.29, 1.82) is 5.26 Å². The van der Waals surface area contributed by atoms with Crippen LogP contribution in [-0.2, 0) is 16.6 Å². The summed E-state index contributed by atoms with van der Waals surface area (Å²) in [6, 6.07) is 7.27. The van der Waals surface area contributed by atoms with Crippen LogP contribution in [0.15, 0.2) is 16.7 Å². The summed E-state index contributed by atoms with van der Waals surface area (Å²) < 4.78 is 11.6. The summed E-state index contributed by atoms with van der Waals surface area (Å²) in [5.74, 6) is 1.98. The average molecular weight is 590 g/mol. The van der Waals surface area contributed by atoms with Gasteiger partial charge < -0.3 is 30.1 Å². The van der Waals surface area contributed by atoms with Gasteiger partial charge in [-0.3, -0.25) is 4.90 Å². The molecule has 7 rings (SSSR count). The zero-order chi connectivity index (χ0) is 28.7. The molecule has 1 unspecified atom stereocenters. The van der Waals surface area contributed by atoms with Crippen molar-refractivity contribution in [2.45, 2.75) is 50.5 Å². The second-order valence-corrected chi connectivity index (χ2v) is 13.2.